The van der Waals surface area contributed by atoms with Crippen LogP contribution in [0.4, 0.5) is 0 Å². The third kappa shape index (κ3) is 3.49. The summed E-state index contributed by atoms with van der Waals surface area (Å²) in [6, 6.07) is 0.266. The summed E-state index contributed by atoms with van der Waals surface area (Å²) in [6.07, 6.45) is 1.07. The summed E-state index contributed by atoms with van der Waals surface area (Å²) >= 11 is 0. The molecule has 3 nitrogen and oxygen atoms in total. The fraction of sp³-hybridized carbons (Fsp3) is 0.917. The van der Waals surface area contributed by atoms with Crippen LogP contribution in [0.15, 0.2) is 0 Å². The van der Waals surface area contributed by atoms with Crippen molar-refractivity contribution in [2.75, 3.05) is 13.2 Å². The summed E-state index contributed by atoms with van der Waals surface area (Å²) in [5, 5.41) is 3.14. The average Bonchev–Trinajstić information content (AvgIpc) is 2.65. The van der Waals surface area contributed by atoms with E-state index in [1.54, 1.807) is 0 Å². The van der Waals surface area contributed by atoms with E-state index in [0.29, 0.717) is 11.8 Å². The molecule has 1 fully saturated rings. The van der Waals surface area contributed by atoms with Gasteiger partial charge in [0, 0.05) is 24.5 Å². The highest BCUT2D eigenvalue weighted by Gasteiger charge is 2.29. The first-order valence-corrected chi connectivity index (χ1v) is 5.90. The molecular weight excluding hydrogens is 190 g/mol. The molecule has 1 aliphatic rings. The third-order valence-electron chi connectivity index (χ3n) is 3.02. The van der Waals surface area contributed by atoms with Gasteiger partial charge in [-0.3, -0.25) is 4.79 Å². The molecule has 1 N–H and O–H groups in total. The van der Waals surface area contributed by atoms with E-state index < -0.39 is 0 Å². The zero-order chi connectivity index (χ0) is 11.4. The number of nitrogens with one attached hydrogen (secondary N) is 1. The highest BCUT2D eigenvalue weighted by Crippen LogP contribution is 2.22. The zero-order valence-corrected chi connectivity index (χ0v) is 10.2. The second kappa shape index (κ2) is 5.50. The molecule has 0 unspecified atom stereocenters. The van der Waals surface area contributed by atoms with Crippen LogP contribution in [0.25, 0.3) is 0 Å². The van der Waals surface area contributed by atoms with Crippen molar-refractivity contribution in [1.82, 2.24) is 5.32 Å². The lowest BCUT2D eigenvalue weighted by atomic mass is 9.89. The van der Waals surface area contributed by atoms with Crippen LogP contribution >= 0.6 is 0 Å². The van der Waals surface area contributed by atoms with Crippen LogP contribution < -0.4 is 5.32 Å². The van der Waals surface area contributed by atoms with Crippen molar-refractivity contribution in [3.05, 3.63) is 0 Å². The topological polar surface area (TPSA) is 38.3 Å². The number of carbonyl (C=O) groups excluding carboxylic acids is 1. The number of hydrogen-bond acceptors (Lipinski definition) is 2. The second-order valence-corrected chi connectivity index (χ2v) is 5.06. The van der Waals surface area contributed by atoms with Gasteiger partial charge in [-0.15, -0.1) is 0 Å². The van der Waals surface area contributed by atoms with Gasteiger partial charge in [0.2, 0.25) is 5.91 Å². The Balaban J connectivity index is 2.54. The summed E-state index contributed by atoms with van der Waals surface area (Å²) in [5.74, 6) is 1.18. The molecule has 0 aliphatic carbocycles. The van der Waals surface area contributed by atoms with Crippen LogP contribution in [0, 0.1) is 17.8 Å². The molecule has 0 aromatic carbocycles. The monoisotopic (exact) mass is 213 g/mol. The minimum Gasteiger partial charge on any atom is -0.381 e. The Morgan fingerprint density at radius 2 is 2.00 bits per heavy atom. The summed E-state index contributed by atoms with van der Waals surface area (Å²) in [4.78, 5) is 11.7. The van der Waals surface area contributed by atoms with Gasteiger partial charge in [-0.2, -0.15) is 0 Å². The highest BCUT2D eigenvalue weighted by atomic mass is 16.5. The van der Waals surface area contributed by atoms with E-state index >= 15 is 0 Å². The van der Waals surface area contributed by atoms with Gasteiger partial charge >= 0.3 is 0 Å². The molecule has 1 amide bonds. The zero-order valence-electron chi connectivity index (χ0n) is 10.2. The summed E-state index contributed by atoms with van der Waals surface area (Å²) < 4.78 is 5.38. The predicted molar refractivity (Wildman–Crippen MR) is 60.5 cm³/mol. The molecule has 0 bridgehead atoms. The number of rotatable bonds is 4. The number of amides is 1. The Bertz CT molecular complexity index is 208. The van der Waals surface area contributed by atoms with Crippen molar-refractivity contribution in [2.24, 2.45) is 17.8 Å². The SMILES string of the molecule is CC(C)C(=O)N[C@@H](C(C)C)[C@H]1CCOC1. The van der Waals surface area contributed by atoms with Crippen molar-refractivity contribution < 1.29 is 9.53 Å². The average molecular weight is 213 g/mol. The van der Waals surface area contributed by atoms with E-state index in [2.05, 4.69) is 19.2 Å². The van der Waals surface area contributed by atoms with Crippen molar-refractivity contribution in [2.45, 2.75) is 40.2 Å². The van der Waals surface area contributed by atoms with Gasteiger partial charge in [0.1, 0.15) is 0 Å². The van der Waals surface area contributed by atoms with Crippen LogP contribution in [0.2, 0.25) is 0 Å². The lowest BCUT2D eigenvalue weighted by Crippen LogP contribution is -2.45. The van der Waals surface area contributed by atoms with Gasteiger partial charge in [0.15, 0.2) is 0 Å². The van der Waals surface area contributed by atoms with E-state index in [-0.39, 0.29) is 17.9 Å². The summed E-state index contributed by atoms with van der Waals surface area (Å²) in [7, 11) is 0. The standard InChI is InChI=1S/C12H23NO2/c1-8(2)11(10-5-6-15-7-10)13-12(14)9(3)4/h8-11H,5-7H2,1-4H3,(H,13,14)/t10-,11-/m0/s1. The third-order valence-corrected chi connectivity index (χ3v) is 3.02. The van der Waals surface area contributed by atoms with Crippen LogP contribution in [0.5, 0.6) is 0 Å². The molecule has 0 radical (unpaired) electrons. The van der Waals surface area contributed by atoms with Crippen LogP contribution in [0.3, 0.4) is 0 Å². The van der Waals surface area contributed by atoms with Gasteiger partial charge < -0.3 is 10.1 Å². The lowest BCUT2D eigenvalue weighted by Gasteiger charge is -2.28. The van der Waals surface area contributed by atoms with Gasteiger partial charge in [-0.25, -0.2) is 0 Å². The van der Waals surface area contributed by atoms with Gasteiger partial charge in [-0.1, -0.05) is 27.7 Å². The molecule has 1 rings (SSSR count). The maximum absolute atomic E-state index is 11.7. The minimum absolute atomic E-state index is 0.0635. The maximum Gasteiger partial charge on any atom is 0.222 e. The van der Waals surface area contributed by atoms with Crippen LogP contribution in [-0.4, -0.2) is 25.2 Å². The molecular formula is C12H23NO2. The first kappa shape index (κ1) is 12.5. The highest BCUT2D eigenvalue weighted by molar-refractivity contribution is 5.78. The van der Waals surface area contributed by atoms with Crippen molar-refractivity contribution in [1.29, 1.82) is 0 Å². The Hall–Kier alpha value is -0.570. The number of hydrogen-bond donors (Lipinski definition) is 1. The fourth-order valence-corrected chi connectivity index (χ4v) is 2.00. The van der Waals surface area contributed by atoms with Crippen molar-refractivity contribution in [3.8, 4) is 0 Å². The molecule has 3 heteroatoms. The Morgan fingerprint density at radius 1 is 1.33 bits per heavy atom. The molecule has 15 heavy (non-hydrogen) atoms. The van der Waals surface area contributed by atoms with Crippen LogP contribution in [0.1, 0.15) is 34.1 Å². The second-order valence-electron chi connectivity index (χ2n) is 5.06. The van der Waals surface area contributed by atoms with Crippen molar-refractivity contribution >= 4 is 5.91 Å². The minimum atomic E-state index is 0.0635. The Morgan fingerprint density at radius 3 is 2.40 bits per heavy atom. The molecule has 2 atom stereocenters. The Labute approximate surface area is 92.6 Å². The first-order valence-electron chi connectivity index (χ1n) is 5.90. The molecule has 0 aromatic rings. The predicted octanol–water partition coefficient (Wildman–Crippen LogP) is 1.82. The molecule has 1 heterocycles. The van der Waals surface area contributed by atoms with Gasteiger partial charge in [0.25, 0.3) is 0 Å². The van der Waals surface area contributed by atoms with Gasteiger partial charge in [0.05, 0.1) is 6.61 Å². The smallest absolute Gasteiger partial charge is 0.222 e. The number of carbonyl (C=O) groups is 1. The molecule has 0 saturated carbocycles. The van der Waals surface area contributed by atoms with E-state index in [0.717, 1.165) is 19.6 Å². The van der Waals surface area contributed by atoms with E-state index in [9.17, 15) is 4.79 Å². The van der Waals surface area contributed by atoms with Crippen molar-refractivity contribution in [3.63, 3.8) is 0 Å². The molecule has 88 valence electrons. The molecule has 0 aromatic heterocycles. The Kier molecular flexibility index (Phi) is 4.58. The van der Waals surface area contributed by atoms with Gasteiger partial charge in [-0.05, 0) is 12.3 Å². The lowest BCUT2D eigenvalue weighted by molar-refractivity contribution is -0.125. The van der Waals surface area contributed by atoms with Crippen LogP contribution in [-0.2, 0) is 9.53 Å². The normalized spacial score (nSPS) is 23.5. The molecule has 1 aliphatic heterocycles. The first-order chi connectivity index (χ1) is 7.02. The van der Waals surface area contributed by atoms with E-state index in [1.165, 1.54) is 0 Å². The summed E-state index contributed by atoms with van der Waals surface area (Å²) in [5.41, 5.74) is 0. The largest absolute Gasteiger partial charge is 0.381 e. The maximum atomic E-state index is 11.7. The van der Waals surface area contributed by atoms with E-state index in [4.69, 9.17) is 4.74 Å². The number of ether oxygens (including phenoxy) is 1. The molecule has 0 spiro atoms. The quantitative estimate of drug-likeness (QED) is 0.773. The fourth-order valence-electron chi connectivity index (χ4n) is 2.00. The van der Waals surface area contributed by atoms with E-state index in [1.807, 2.05) is 13.8 Å². The molecule has 1 saturated heterocycles. The summed E-state index contributed by atoms with van der Waals surface area (Å²) in [6.45, 7) is 9.80.